The topological polar surface area (TPSA) is 70.2 Å². The Morgan fingerprint density at radius 1 is 1.38 bits per heavy atom. The second-order valence-electron chi connectivity index (χ2n) is 3.64. The highest BCUT2D eigenvalue weighted by Crippen LogP contribution is 2.21. The van der Waals surface area contributed by atoms with Gasteiger partial charge in [0, 0.05) is 30.3 Å². The molecule has 4 nitrogen and oxygen atoms in total. The van der Waals surface area contributed by atoms with Crippen LogP contribution in [0.15, 0.2) is 29.2 Å². The fraction of sp³-hybridized carbons (Fsp3) is 0.400. The molecule has 0 aliphatic carbocycles. The van der Waals surface area contributed by atoms with Crippen molar-refractivity contribution in [3.8, 4) is 0 Å². The first-order valence-corrected chi connectivity index (χ1v) is 7.75. The Morgan fingerprint density at radius 2 is 2.06 bits per heavy atom. The van der Waals surface area contributed by atoms with Crippen LogP contribution in [0, 0.1) is 4.78 Å². The van der Waals surface area contributed by atoms with E-state index in [2.05, 4.69) is 0 Å². The average molecular weight is 257 g/mol. The third-order valence-electron chi connectivity index (χ3n) is 2.51. The van der Waals surface area contributed by atoms with Crippen molar-refractivity contribution < 1.29 is 4.21 Å². The summed E-state index contributed by atoms with van der Waals surface area (Å²) in [5.74, 6) is 1.89. The lowest BCUT2D eigenvalue weighted by molar-refractivity contribution is 0.478. The summed E-state index contributed by atoms with van der Waals surface area (Å²) < 4.78 is 22.2. The van der Waals surface area contributed by atoms with Gasteiger partial charge in [0.15, 0.2) is 0 Å². The van der Waals surface area contributed by atoms with E-state index in [9.17, 15) is 4.21 Å². The third-order valence-corrected chi connectivity index (χ3v) is 5.44. The molecule has 1 unspecified atom stereocenters. The molecule has 0 amide bonds. The highest BCUT2D eigenvalue weighted by Gasteiger charge is 2.22. The summed E-state index contributed by atoms with van der Waals surface area (Å²) in [5.41, 5.74) is 6.21. The molecule has 1 aromatic rings. The number of thioether (sulfide) groups is 1. The maximum absolute atomic E-state index is 12.4. The van der Waals surface area contributed by atoms with Crippen LogP contribution in [0.1, 0.15) is 0 Å². The van der Waals surface area contributed by atoms with Gasteiger partial charge in [-0.3, -0.25) is 0 Å². The molecule has 1 aliphatic rings. The Hall–Kier alpha value is -0.720. The largest absolute Gasteiger partial charge is 0.399 e. The van der Waals surface area contributed by atoms with Gasteiger partial charge >= 0.3 is 0 Å². The van der Waals surface area contributed by atoms with Crippen LogP contribution >= 0.6 is 11.8 Å². The van der Waals surface area contributed by atoms with Crippen LogP contribution in [0.5, 0.6) is 0 Å². The number of nitrogens with two attached hydrogens (primary N) is 1. The minimum Gasteiger partial charge on any atom is -0.399 e. The number of nitrogen functional groups attached to an aromatic ring is 1. The minimum absolute atomic E-state index is 0.513. The van der Waals surface area contributed by atoms with Crippen LogP contribution < -0.4 is 5.73 Å². The first kappa shape index (κ1) is 11.8. The smallest absolute Gasteiger partial charge is 0.137 e. The van der Waals surface area contributed by atoms with Gasteiger partial charge < -0.3 is 5.73 Å². The van der Waals surface area contributed by atoms with Crippen molar-refractivity contribution in [2.75, 3.05) is 30.3 Å². The van der Waals surface area contributed by atoms with E-state index in [1.165, 1.54) is 0 Å². The van der Waals surface area contributed by atoms with Gasteiger partial charge in [0.2, 0.25) is 0 Å². The molecule has 0 spiro atoms. The molecular formula is C10H15N3OS2. The molecule has 1 atom stereocenters. The normalized spacial score (nSPS) is 21.5. The molecule has 1 saturated heterocycles. The fourth-order valence-corrected chi connectivity index (χ4v) is 4.33. The predicted molar refractivity (Wildman–Crippen MR) is 68.9 cm³/mol. The van der Waals surface area contributed by atoms with Crippen LogP contribution in [0.2, 0.25) is 0 Å². The van der Waals surface area contributed by atoms with Gasteiger partial charge in [-0.2, -0.15) is 11.8 Å². The molecule has 0 bridgehead atoms. The summed E-state index contributed by atoms with van der Waals surface area (Å²) in [7, 11) is -2.84. The van der Waals surface area contributed by atoms with Gasteiger partial charge in [0.1, 0.15) is 9.92 Å². The Bertz CT molecular complexity index is 467. The Balaban J connectivity index is 2.30. The molecule has 3 N–H and O–H groups in total. The number of nitrogens with zero attached hydrogens (tertiary/aromatic N) is 1. The minimum atomic E-state index is -2.84. The Labute approximate surface area is 100 Å². The summed E-state index contributed by atoms with van der Waals surface area (Å²) in [4.78, 5) is 0.513. The van der Waals surface area contributed by atoms with Crippen molar-refractivity contribution in [3.63, 3.8) is 0 Å². The quantitative estimate of drug-likeness (QED) is 0.791. The van der Waals surface area contributed by atoms with E-state index in [-0.39, 0.29) is 0 Å². The molecule has 1 fully saturated rings. The lowest BCUT2D eigenvalue weighted by Gasteiger charge is -2.27. The van der Waals surface area contributed by atoms with Gasteiger partial charge in [-0.15, -0.1) is 0 Å². The zero-order chi connectivity index (χ0) is 11.6. The monoisotopic (exact) mass is 257 g/mol. The van der Waals surface area contributed by atoms with Crippen LogP contribution in [-0.2, 0) is 9.92 Å². The van der Waals surface area contributed by atoms with E-state index in [1.54, 1.807) is 28.6 Å². The lowest BCUT2D eigenvalue weighted by Crippen LogP contribution is -2.37. The summed E-state index contributed by atoms with van der Waals surface area (Å²) in [6, 6.07) is 6.84. The van der Waals surface area contributed by atoms with E-state index < -0.39 is 9.92 Å². The maximum Gasteiger partial charge on any atom is 0.137 e. The first-order chi connectivity index (χ1) is 7.60. The Kier molecular flexibility index (Phi) is 3.41. The molecule has 0 radical (unpaired) electrons. The van der Waals surface area contributed by atoms with Gasteiger partial charge in [0.25, 0.3) is 0 Å². The highest BCUT2D eigenvalue weighted by atomic mass is 32.2. The molecule has 0 aromatic heterocycles. The average Bonchev–Trinajstić information content (AvgIpc) is 2.30. The third kappa shape index (κ3) is 2.34. The van der Waals surface area contributed by atoms with Crippen molar-refractivity contribution in [1.82, 2.24) is 4.31 Å². The van der Waals surface area contributed by atoms with Crippen molar-refractivity contribution in [3.05, 3.63) is 24.3 Å². The van der Waals surface area contributed by atoms with Crippen LogP contribution in [0.3, 0.4) is 0 Å². The summed E-state index contributed by atoms with van der Waals surface area (Å²) in [6.07, 6.45) is 0. The molecule has 1 aliphatic heterocycles. The number of hydrogen-bond donors (Lipinski definition) is 2. The zero-order valence-electron chi connectivity index (χ0n) is 8.89. The van der Waals surface area contributed by atoms with E-state index in [0.29, 0.717) is 23.7 Å². The van der Waals surface area contributed by atoms with Crippen LogP contribution in [0.4, 0.5) is 5.69 Å². The van der Waals surface area contributed by atoms with Crippen molar-refractivity contribution in [1.29, 1.82) is 4.78 Å². The van der Waals surface area contributed by atoms with E-state index in [4.69, 9.17) is 10.5 Å². The molecule has 88 valence electrons. The molecular weight excluding hydrogens is 242 g/mol. The highest BCUT2D eigenvalue weighted by molar-refractivity contribution is 7.99. The number of anilines is 1. The van der Waals surface area contributed by atoms with E-state index >= 15 is 0 Å². The molecule has 16 heavy (non-hydrogen) atoms. The SMILES string of the molecule is N=S(=O)(c1cccc(N)c1)N1CCSCC1. The second-order valence-corrected chi connectivity index (χ2v) is 6.90. The van der Waals surface area contributed by atoms with Crippen molar-refractivity contribution >= 4 is 27.4 Å². The first-order valence-electron chi connectivity index (χ1n) is 5.08. The van der Waals surface area contributed by atoms with Gasteiger partial charge in [-0.1, -0.05) is 6.07 Å². The molecule has 2 rings (SSSR count). The molecule has 1 aromatic carbocycles. The van der Waals surface area contributed by atoms with Crippen molar-refractivity contribution in [2.45, 2.75) is 4.90 Å². The maximum atomic E-state index is 12.4. The fourth-order valence-electron chi connectivity index (χ4n) is 1.64. The summed E-state index contributed by atoms with van der Waals surface area (Å²) in [5, 5.41) is 0. The Morgan fingerprint density at radius 3 is 2.69 bits per heavy atom. The van der Waals surface area contributed by atoms with Gasteiger partial charge in [-0.05, 0) is 18.2 Å². The summed E-state index contributed by atoms with van der Waals surface area (Å²) in [6.45, 7) is 1.42. The van der Waals surface area contributed by atoms with E-state index in [0.717, 1.165) is 11.5 Å². The van der Waals surface area contributed by atoms with Crippen LogP contribution in [0.25, 0.3) is 0 Å². The van der Waals surface area contributed by atoms with Crippen LogP contribution in [-0.4, -0.2) is 33.1 Å². The number of nitrogens with one attached hydrogen (secondary N) is 1. The second kappa shape index (κ2) is 4.65. The van der Waals surface area contributed by atoms with E-state index in [1.807, 2.05) is 11.8 Å². The summed E-state index contributed by atoms with van der Waals surface area (Å²) >= 11 is 1.84. The number of hydrogen-bond acceptors (Lipinski definition) is 4. The standard InChI is InChI=1S/C10H15N3OS2/c11-9-2-1-3-10(8-9)16(12,14)13-4-6-15-7-5-13/h1-3,8,12H,4-7,11H2. The predicted octanol–water partition coefficient (Wildman–Crippen LogP) is 1.64. The number of rotatable bonds is 2. The van der Waals surface area contributed by atoms with Gasteiger partial charge in [0.05, 0.1) is 4.90 Å². The number of benzene rings is 1. The van der Waals surface area contributed by atoms with Crippen molar-refractivity contribution in [2.24, 2.45) is 0 Å². The molecule has 6 heteroatoms. The lowest BCUT2D eigenvalue weighted by atomic mass is 10.3. The molecule has 0 saturated carbocycles. The zero-order valence-corrected chi connectivity index (χ0v) is 10.5. The molecule has 1 heterocycles. The van der Waals surface area contributed by atoms with Gasteiger partial charge in [-0.25, -0.2) is 13.3 Å².